The maximum atomic E-state index is 12.1. The summed E-state index contributed by atoms with van der Waals surface area (Å²) < 4.78 is 24.3. The molecular weight excluding hydrogens is 252 g/mol. The Bertz CT molecular complexity index is 518. The fourth-order valence-electron chi connectivity index (χ4n) is 1.31. The molecule has 1 aromatic heterocycles. The molecule has 0 aliphatic rings. The van der Waals surface area contributed by atoms with Crippen molar-refractivity contribution in [3.8, 4) is 0 Å². The Labute approximate surface area is 108 Å². The number of nitrogens with one attached hydrogen (secondary N) is 1. The maximum Gasteiger partial charge on any atom is 0.238 e. The van der Waals surface area contributed by atoms with Crippen molar-refractivity contribution in [2.45, 2.75) is 43.5 Å². The van der Waals surface area contributed by atoms with E-state index in [2.05, 4.69) is 10.3 Å². The molecule has 1 rings (SSSR count). The van der Waals surface area contributed by atoms with Crippen LogP contribution in [0, 0.1) is 0 Å². The average Bonchev–Trinajstić information content (AvgIpc) is 2.27. The minimum atomic E-state index is -3.73. The molecule has 1 unspecified atom stereocenters. The summed E-state index contributed by atoms with van der Waals surface area (Å²) in [6, 6.07) is 4.59. The van der Waals surface area contributed by atoms with Crippen LogP contribution in [0.3, 0.4) is 0 Å². The number of hydrogen-bond acceptors (Lipinski definition) is 4. The summed E-state index contributed by atoms with van der Waals surface area (Å²) in [7, 11) is -3.73. The van der Waals surface area contributed by atoms with Gasteiger partial charge in [0.25, 0.3) is 0 Å². The lowest BCUT2D eigenvalue weighted by Crippen LogP contribution is -2.47. The lowest BCUT2D eigenvalue weighted by Gasteiger charge is -2.23. The van der Waals surface area contributed by atoms with Gasteiger partial charge in [-0.1, -0.05) is 6.07 Å². The van der Waals surface area contributed by atoms with Crippen molar-refractivity contribution in [3.05, 3.63) is 24.4 Å². The zero-order valence-electron chi connectivity index (χ0n) is 11.0. The van der Waals surface area contributed by atoms with Crippen molar-refractivity contribution < 1.29 is 13.2 Å². The highest BCUT2D eigenvalue weighted by molar-refractivity contribution is 7.92. The van der Waals surface area contributed by atoms with Crippen LogP contribution in [-0.2, 0) is 14.6 Å². The summed E-state index contributed by atoms with van der Waals surface area (Å²) >= 11 is 0. The lowest BCUT2D eigenvalue weighted by atomic mass is 10.1. The van der Waals surface area contributed by atoms with Crippen LogP contribution in [0.4, 0.5) is 0 Å². The van der Waals surface area contributed by atoms with E-state index in [1.54, 1.807) is 32.9 Å². The molecule has 0 aliphatic heterocycles. The molecule has 18 heavy (non-hydrogen) atoms. The maximum absolute atomic E-state index is 12.1. The number of rotatable bonds is 3. The number of hydrogen-bond donors (Lipinski definition) is 1. The van der Waals surface area contributed by atoms with E-state index in [1.165, 1.54) is 19.2 Å². The quantitative estimate of drug-likeness (QED) is 0.894. The largest absolute Gasteiger partial charge is 0.350 e. The normalized spacial score (nSPS) is 14.0. The highest BCUT2D eigenvalue weighted by Gasteiger charge is 2.32. The van der Waals surface area contributed by atoms with Crippen LogP contribution < -0.4 is 5.32 Å². The third-order valence-electron chi connectivity index (χ3n) is 2.26. The number of carbonyl (C=O) groups is 1. The van der Waals surface area contributed by atoms with Gasteiger partial charge < -0.3 is 5.32 Å². The van der Waals surface area contributed by atoms with Crippen LogP contribution in [-0.4, -0.2) is 30.1 Å². The Hall–Kier alpha value is -1.43. The second-order valence-electron chi connectivity index (χ2n) is 5.09. The minimum Gasteiger partial charge on any atom is -0.350 e. The standard InChI is InChI=1S/C12H18N2O3S/c1-9(11(15)14-12(2,3)4)18(16,17)10-7-5-6-8-13-10/h5-9H,1-4H3,(H,14,15). The predicted molar refractivity (Wildman–Crippen MR) is 68.8 cm³/mol. The number of aromatic nitrogens is 1. The Morgan fingerprint density at radius 3 is 2.39 bits per heavy atom. The van der Waals surface area contributed by atoms with E-state index in [0.717, 1.165) is 0 Å². The Morgan fingerprint density at radius 2 is 1.94 bits per heavy atom. The molecule has 1 aromatic rings. The summed E-state index contributed by atoms with van der Waals surface area (Å²) in [6.45, 7) is 6.76. The Balaban J connectivity index is 2.97. The molecule has 1 heterocycles. The lowest BCUT2D eigenvalue weighted by molar-refractivity contribution is -0.121. The third-order valence-corrected chi connectivity index (χ3v) is 4.23. The predicted octanol–water partition coefficient (Wildman–Crippen LogP) is 1.16. The summed E-state index contributed by atoms with van der Waals surface area (Å²) in [4.78, 5) is 15.6. The van der Waals surface area contributed by atoms with Crippen LogP contribution in [0.2, 0.25) is 0 Å². The number of nitrogens with zero attached hydrogens (tertiary/aromatic N) is 1. The number of pyridine rings is 1. The minimum absolute atomic E-state index is 0.0819. The molecule has 0 bridgehead atoms. The van der Waals surface area contributed by atoms with Gasteiger partial charge in [0.1, 0.15) is 5.25 Å². The van der Waals surface area contributed by atoms with Gasteiger partial charge in [0, 0.05) is 11.7 Å². The third kappa shape index (κ3) is 3.53. The van der Waals surface area contributed by atoms with Gasteiger partial charge in [-0.3, -0.25) is 4.79 Å². The zero-order chi connectivity index (χ0) is 14.0. The second-order valence-corrected chi connectivity index (χ2v) is 7.31. The van der Waals surface area contributed by atoms with Crippen molar-refractivity contribution in [2.24, 2.45) is 0 Å². The summed E-state index contributed by atoms with van der Waals surface area (Å²) in [6.07, 6.45) is 1.39. The summed E-state index contributed by atoms with van der Waals surface area (Å²) in [5.74, 6) is -0.520. The molecule has 100 valence electrons. The van der Waals surface area contributed by atoms with E-state index in [4.69, 9.17) is 0 Å². The van der Waals surface area contributed by atoms with Gasteiger partial charge in [0.15, 0.2) is 5.03 Å². The van der Waals surface area contributed by atoms with Crippen molar-refractivity contribution in [2.75, 3.05) is 0 Å². The molecule has 0 aliphatic carbocycles. The number of carbonyl (C=O) groups excluding carboxylic acids is 1. The van der Waals surface area contributed by atoms with E-state index in [-0.39, 0.29) is 5.03 Å². The van der Waals surface area contributed by atoms with Gasteiger partial charge in [-0.15, -0.1) is 0 Å². The molecule has 0 saturated carbocycles. The Kier molecular flexibility index (Phi) is 4.11. The SMILES string of the molecule is CC(C(=O)NC(C)(C)C)S(=O)(=O)c1ccccn1. The molecule has 0 saturated heterocycles. The van der Waals surface area contributed by atoms with Gasteiger partial charge in [0.2, 0.25) is 15.7 Å². The van der Waals surface area contributed by atoms with Gasteiger partial charge in [0.05, 0.1) is 0 Å². The highest BCUT2D eigenvalue weighted by Crippen LogP contribution is 2.14. The average molecular weight is 270 g/mol. The fraction of sp³-hybridized carbons (Fsp3) is 0.500. The number of sulfone groups is 1. The van der Waals surface area contributed by atoms with E-state index in [0.29, 0.717) is 0 Å². The van der Waals surface area contributed by atoms with Gasteiger partial charge in [-0.2, -0.15) is 0 Å². The fourth-order valence-corrected chi connectivity index (χ4v) is 2.49. The molecule has 1 N–H and O–H groups in total. The summed E-state index contributed by atoms with van der Waals surface area (Å²) in [5, 5.41) is 1.41. The molecule has 1 atom stereocenters. The molecule has 1 amide bonds. The van der Waals surface area contributed by atoms with Crippen LogP contribution in [0.25, 0.3) is 0 Å². The van der Waals surface area contributed by atoms with Crippen molar-refractivity contribution in [3.63, 3.8) is 0 Å². The van der Waals surface area contributed by atoms with Crippen molar-refractivity contribution in [1.29, 1.82) is 0 Å². The molecule has 0 radical (unpaired) electrons. The first-order chi connectivity index (χ1) is 8.14. The smallest absolute Gasteiger partial charge is 0.238 e. The monoisotopic (exact) mass is 270 g/mol. The van der Waals surface area contributed by atoms with Gasteiger partial charge >= 0.3 is 0 Å². The first-order valence-electron chi connectivity index (χ1n) is 5.61. The summed E-state index contributed by atoms with van der Waals surface area (Å²) in [5.41, 5.74) is -0.467. The van der Waals surface area contributed by atoms with Crippen molar-refractivity contribution in [1.82, 2.24) is 10.3 Å². The highest BCUT2D eigenvalue weighted by atomic mass is 32.2. The molecule has 5 nitrogen and oxygen atoms in total. The van der Waals surface area contributed by atoms with Crippen LogP contribution in [0.5, 0.6) is 0 Å². The second kappa shape index (κ2) is 5.06. The molecule has 0 fully saturated rings. The number of amides is 1. The van der Waals surface area contributed by atoms with Crippen LogP contribution >= 0.6 is 0 Å². The molecule has 0 spiro atoms. The van der Waals surface area contributed by atoms with Crippen LogP contribution in [0.15, 0.2) is 29.4 Å². The van der Waals surface area contributed by atoms with Crippen LogP contribution in [0.1, 0.15) is 27.7 Å². The molecule has 6 heteroatoms. The van der Waals surface area contributed by atoms with E-state index in [1.807, 2.05) is 0 Å². The zero-order valence-corrected chi connectivity index (χ0v) is 11.8. The topological polar surface area (TPSA) is 76.1 Å². The molecular formula is C12H18N2O3S. The van der Waals surface area contributed by atoms with Crippen molar-refractivity contribution >= 4 is 15.7 Å². The van der Waals surface area contributed by atoms with Gasteiger partial charge in [-0.05, 0) is 39.8 Å². The molecule has 0 aromatic carbocycles. The first kappa shape index (κ1) is 14.6. The Morgan fingerprint density at radius 1 is 1.33 bits per heavy atom. The van der Waals surface area contributed by atoms with E-state index >= 15 is 0 Å². The van der Waals surface area contributed by atoms with Gasteiger partial charge in [-0.25, -0.2) is 13.4 Å². The van der Waals surface area contributed by atoms with E-state index in [9.17, 15) is 13.2 Å². The first-order valence-corrected chi connectivity index (χ1v) is 7.16. The van der Waals surface area contributed by atoms with E-state index < -0.39 is 26.5 Å².